The number of methoxy groups -OCH3 is 1. The summed E-state index contributed by atoms with van der Waals surface area (Å²) in [6.07, 6.45) is 0.885. The van der Waals surface area contributed by atoms with Crippen LogP contribution in [0.4, 0.5) is 5.69 Å². The predicted molar refractivity (Wildman–Crippen MR) is 97.8 cm³/mol. The monoisotopic (exact) mass is 405 g/mol. The van der Waals surface area contributed by atoms with Crippen molar-refractivity contribution in [1.82, 2.24) is 5.43 Å². The minimum absolute atomic E-state index is 0.0233. The second-order valence-corrected chi connectivity index (χ2v) is 5.84. The van der Waals surface area contributed by atoms with Crippen LogP contribution in [0.3, 0.4) is 0 Å². The number of hydrogen-bond acceptors (Lipinski definition) is 5. The molecular formula is C17H16BrN3O4. The van der Waals surface area contributed by atoms with Crippen molar-refractivity contribution in [1.29, 1.82) is 0 Å². The first kappa shape index (κ1) is 18.5. The zero-order valence-corrected chi connectivity index (χ0v) is 14.9. The average Bonchev–Trinajstić information content (AvgIpc) is 2.58. The summed E-state index contributed by atoms with van der Waals surface area (Å²) < 4.78 is 5.88. The summed E-state index contributed by atoms with van der Waals surface area (Å²) in [6, 6.07) is 11.7. The maximum absolute atomic E-state index is 11.9. The fraction of sp³-hybridized carbons (Fsp3) is 0.118. The molecule has 0 aliphatic heterocycles. The van der Waals surface area contributed by atoms with Crippen molar-refractivity contribution in [3.05, 3.63) is 52.5 Å². The number of rotatable bonds is 6. The summed E-state index contributed by atoms with van der Waals surface area (Å²) in [7, 11) is 1.49. The lowest BCUT2D eigenvalue weighted by Gasteiger charge is -2.09. The first-order chi connectivity index (χ1) is 12.0. The largest absolute Gasteiger partial charge is 0.507 e. The molecule has 25 heavy (non-hydrogen) atoms. The number of phenols is 1. The highest BCUT2D eigenvalue weighted by Gasteiger charge is 2.11. The molecule has 7 nitrogen and oxygen atoms in total. The van der Waals surface area contributed by atoms with E-state index >= 15 is 0 Å². The molecule has 2 rings (SSSR count). The minimum Gasteiger partial charge on any atom is -0.507 e. The predicted octanol–water partition coefficient (Wildman–Crippen LogP) is 2.64. The highest BCUT2D eigenvalue weighted by atomic mass is 79.9. The Kier molecular flexibility index (Phi) is 6.53. The third-order valence-corrected chi connectivity index (χ3v) is 3.58. The van der Waals surface area contributed by atoms with E-state index in [4.69, 9.17) is 4.74 Å². The van der Waals surface area contributed by atoms with E-state index in [0.29, 0.717) is 17.0 Å². The van der Waals surface area contributed by atoms with Crippen LogP contribution in [-0.2, 0) is 9.59 Å². The number of halogens is 1. The number of ether oxygens (including phenoxy) is 1. The molecule has 0 bridgehead atoms. The van der Waals surface area contributed by atoms with Crippen molar-refractivity contribution < 1.29 is 19.4 Å². The number of phenolic OH excluding ortho intramolecular Hbond substituents is 1. The van der Waals surface area contributed by atoms with Gasteiger partial charge in [-0.15, -0.1) is 0 Å². The van der Waals surface area contributed by atoms with Crippen LogP contribution in [0.15, 0.2) is 52.0 Å². The van der Waals surface area contributed by atoms with Crippen LogP contribution in [0, 0.1) is 0 Å². The number of amides is 2. The van der Waals surface area contributed by atoms with Gasteiger partial charge >= 0.3 is 0 Å². The number of nitrogens with zero attached hydrogens (tertiary/aromatic N) is 1. The van der Waals surface area contributed by atoms with E-state index in [1.165, 1.54) is 19.4 Å². The van der Waals surface area contributed by atoms with Crippen molar-refractivity contribution in [3.63, 3.8) is 0 Å². The van der Waals surface area contributed by atoms with Gasteiger partial charge in [0.05, 0.1) is 19.0 Å². The van der Waals surface area contributed by atoms with E-state index in [-0.39, 0.29) is 5.75 Å². The van der Waals surface area contributed by atoms with Crippen LogP contribution >= 0.6 is 15.9 Å². The van der Waals surface area contributed by atoms with Crippen molar-refractivity contribution >= 4 is 39.6 Å². The molecule has 0 unspecified atom stereocenters. The Balaban J connectivity index is 1.88. The molecule has 0 heterocycles. The Morgan fingerprint density at radius 1 is 1.24 bits per heavy atom. The number of hydrazone groups is 1. The first-order valence-electron chi connectivity index (χ1n) is 7.23. The van der Waals surface area contributed by atoms with E-state index < -0.39 is 18.2 Å². The fourth-order valence-corrected chi connectivity index (χ4v) is 2.31. The van der Waals surface area contributed by atoms with Crippen molar-refractivity contribution in [2.24, 2.45) is 5.10 Å². The Hall–Kier alpha value is -2.87. The van der Waals surface area contributed by atoms with Gasteiger partial charge in [0.15, 0.2) is 0 Å². The molecule has 0 fully saturated rings. The van der Waals surface area contributed by atoms with Gasteiger partial charge in [-0.3, -0.25) is 9.59 Å². The van der Waals surface area contributed by atoms with Gasteiger partial charge in [0, 0.05) is 10.0 Å². The van der Waals surface area contributed by atoms with E-state index in [1.807, 2.05) is 0 Å². The van der Waals surface area contributed by atoms with Gasteiger partial charge in [-0.25, -0.2) is 5.43 Å². The topological polar surface area (TPSA) is 100 Å². The zero-order valence-electron chi connectivity index (χ0n) is 13.3. The standard InChI is InChI=1S/C17H16BrN3O4/c1-25-15-5-3-2-4-13(15)20-16(23)9-17(24)21-19-10-11-8-12(18)6-7-14(11)22/h2-8,10,22H,9H2,1H3,(H,20,23)(H,21,24)/b19-10+. The number of anilines is 1. The van der Waals surface area contributed by atoms with E-state index in [2.05, 4.69) is 31.8 Å². The van der Waals surface area contributed by atoms with Crippen LogP contribution in [0.2, 0.25) is 0 Å². The summed E-state index contributed by atoms with van der Waals surface area (Å²) in [5.74, 6) is -0.560. The lowest BCUT2D eigenvalue weighted by molar-refractivity contribution is -0.126. The van der Waals surface area contributed by atoms with Gasteiger partial charge in [0.2, 0.25) is 11.8 Å². The average molecular weight is 406 g/mol. The number of benzene rings is 2. The van der Waals surface area contributed by atoms with Gasteiger partial charge in [-0.1, -0.05) is 28.1 Å². The number of carbonyl (C=O) groups excluding carboxylic acids is 2. The summed E-state index contributed by atoms with van der Waals surface area (Å²) in [4.78, 5) is 23.6. The number of para-hydroxylation sites is 2. The molecule has 2 aromatic rings. The normalized spacial score (nSPS) is 10.5. The molecular weight excluding hydrogens is 390 g/mol. The molecule has 0 aliphatic rings. The highest BCUT2D eigenvalue weighted by molar-refractivity contribution is 9.10. The lowest BCUT2D eigenvalue weighted by Crippen LogP contribution is -2.24. The second kappa shape index (κ2) is 8.84. The fourth-order valence-electron chi connectivity index (χ4n) is 1.93. The molecule has 0 spiro atoms. The van der Waals surface area contributed by atoms with Gasteiger partial charge in [0.25, 0.3) is 0 Å². The Bertz CT molecular complexity index is 808. The quantitative estimate of drug-likeness (QED) is 0.390. The Morgan fingerprint density at radius 3 is 2.76 bits per heavy atom. The van der Waals surface area contributed by atoms with Gasteiger partial charge in [0.1, 0.15) is 17.9 Å². The smallest absolute Gasteiger partial charge is 0.249 e. The van der Waals surface area contributed by atoms with E-state index in [9.17, 15) is 14.7 Å². The SMILES string of the molecule is COc1ccccc1NC(=O)CC(=O)N/N=C/c1cc(Br)ccc1O. The van der Waals surface area contributed by atoms with Crippen LogP contribution in [0.5, 0.6) is 11.5 Å². The first-order valence-corrected chi connectivity index (χ1v) is 8.02. The molecule has 0 aromatic heterocycles. The molecule has 0 saturated heterocycles. The van der Waals surface area contributed by atoms with E-state index in [1.54, 1.807) is 36.4 Å². The molecule has 8 heteroatoms. The summed E-state index contributed by atoms with van der Waals surface area (Å²) >= 11 is 3.27. The van der Waals surface area contributed by atoms with Crippen molar-refractivity contribution in [3.8, 4) is 11.5 Å². The van der Waals surface area contributed by atoms with Crippen LogP contribution < -0.4 is 15.5 Å². The maximum atomic E-state index is 11.9. The molecule has 0 radical (unpaired) electrons. The molecule has 0 atom stereocenters. The van der Waals surface area contributed by atoms with Crippen molar-refractivity contribution in [2.75, 3.05) is 12.4 Å². The number of hydrogen-bond donors (Lipinski definition) is 3. The molecule has 0 aliphatic carbocycles. The second-order valence-electron chi connectivity index (χ2n) is 4.92. The number of nitrogens with one attached hydrogen (secondary N) is 2. The molecule has 130 valence electrons. The van der Waals surface area contributed by atoms with Gasteiger partial charge in [-0.2, -0.15) is 5.10 Å². The molecule has 3 N–H and O–H groups in total. The number of aromatic hydroxyl groups is 1. The third-order valence-electron chi connectivity index (χ3n) is 3.08. The van der Waals surface area contributed by atoms with Gasteiger partial charge in [-0.05, 0) is 30.3 Å². The third kappa shape index (κ3) is 5.61. The lowest BCUT2D eigenvalue weighted by atomic mass is 10.2. The van der Waals surface area contributed by atoms with Crippen molar-refractivity contribution in [2.45, 2.75) is 6.42 Å². The minimum atomic E-state index is -0.585. The molecule has 0 saturated carbocycles. The Labute approximate surface area is 152 Å². The van der Waals surface area contributed by atoms with Crippen LogP contribution in [-0.4, -0.2) is 30.2 Å². The van der Waals surface area contributed by atoms with Crippen LogP contribution in [0.25, 0.3) is 0 Å². The maximum Gasteiger partial charge on any atom is 0.249 e. The summed E-state index contributed by atoms with van der Waals surface area (Å²) in [6.45, 7) is 0. The van der Waals surface area contributed by atoms with Gasteiger partial charge < -0.3 is 15.2 Å². The molecule has 2 amide bonds. The number of carbonyl (C=O) groups is 2. The van der Waals surface area contributed by atoms with Crippen LogP contribution in [0.1, 0.15) is 12.0 Å². The zero-order chi connectivity index (χ0) is 18.2. The highest BCUT2D eigenvalue weighted by Crippen LogP contribution is 2.23. The summed E-state index contributed by atoms with van der Waals surface area (Å²) in [5, 5.41) is 16.0. The van der Waals surface area contributed by atoms with E-state index in [0.717, 1.165) is 4.47 Å². The summed E-state index contributed by atoms with van der Waals surface area (Å²) in [5.41, 5.74) is 3.14. The molecule has 2 aromatic carbocycles. The Morgan fingerprint density at radius 2 is 2.00 bits per heavy atom.